The van der Waals surface area contributed by atoms with Gasteiger partial charge in [-0.15, -0.1) is 0 Å². The van der Waals surface area contributed by atoms with Crippen LogP contribution in [0.4, 0.5) is 0 Å². The van der Waals surface area contributed by atoms with Crippen LogP contribution in [0.5, 0.6) is 0 Å². The van der Waals surface area contributed by atoms with Gasteiger partial charge in [-0.05, 0) is 50.0 Å². The fraction of sp³-hybridized carbons (Fsp3) is 0.647. The van der Waals surface area contributed by atoms with E-state index in [2.05, 4.69) is 10.3 Å². The van der Waals surface area contributed by atoms with Gasteiger partial charge < -0.3 is 20.1 Å². The molecular weight excluding hydrogens is 296 g/mol. The average Bonchev–Trinajstić information content (AvgIpc) is 3.39. The highest BCUT2D eigenvalue weighted by Gasteiger charge is 2.28. The van der Waals surface area contributed by atoms with Crippen molar-refractivity contribution in [3.63, 3.8) is 0 Å². The van der Waals surface area contributed by atoms with Crippen molar-refractivity contribution in [2.75, 3.05) is 19.8 Å². The molecular formula is C17H24N2O4. The van der Waals surface area contributed by atoms with Crippen LogP contribution in [0, 0.1) is 5.92 Å². The van der Waals surface area contributed by atoms with Crippen LogP contribution in [0.1, 0.15) is 54.1 Å². The lowest BCUT2D eigenvalue weighted by molar-refractivity contribution is 0.0479. The Morgan fingerprint density at radius 3 is 2.70 bits per heavy atom. The zero-order valence-electron chi connectivity index (χ0n) is 13.2. The fourth-order valence-corrected chi connectivity index (χ4v) is 3.24. The number of carbonyl (C=O) groups excluding carboxylic acids is 1. The van der Waals surface area contributed by atoms with Crippen LogP contribution < -0.4 is 10.9 Å². The molecule has 1 aromatic rings. The molecule has 0 aromatic carbocycles. The summed E-state index contributed by atoms with van der Waals surface area (Å²) in [5, 5.41) is 12.3. The summed E-state index contributed by atoms with van der Waals surface area (Å²) in [5.41, 5.74) is 1.03. The smallest absolute Gasteiger partial charge is 0.251 e. The number of aromatic amines is 1. The number of pyridine rings is 1. The molecule has 1 unspecified atom stereocenters. The summed E-state index contributed by atoms with van der Waals surface area (Å²) in [7, 11) is 0. The molecule has 2 heterocycles. The summed E-state index contributed by atoms with van der Waals surface area (Å²) < 4.78 is 5.36. The first-order valence-electron chi connectivity index (χ1n) is 8.41. The highest BCUT2D eigenvalue weighted by molar-refractivity contribution is 5.94. The maximum atomic E-state index is 12.5. The van der Waals surface area contributed by atoms with Crippen LogP contribution in [0.3, 0.4) is 0 Å². The molecule has 0 spiro atoms. The van der Waals surface area contributed by atoms with E-state index in [0.717, 1.165) is 31.4 Å². The molecule has 6 heteroatoms. The van der Waals surface area contributed by atoms with Gasteiger partial charge in [0, 0.05) is 43.2 Å². The third-order valence-corrected chi connectivity index (χ3v) is 4.74. The maximum absolute atomic E-state index is 12.5. The van der Waals surface area contributed by atoms with E-state index in [1.807, 2.05) is 0 Å². The number of carbonyl (C=O) groups is 1. The fourth-order valence-electron chi connectivity index (χ4n) is 3.24. The van der Waals surface area contributed by atoms with E-state index in [1.165, 1.54) is 6.07 Å². The van der Waals surface area contributed by atoms with Gasteiger partial charge in [-0.2, -0.15) is 0 Å². The Morgan fingerprint density at radius 2 is 2.04 bits per heavy atom. The molecule has 1 aliphatic carbocycles. The van der Waals surface area contributed by atoms with E-state index in [0.29, 0.717) is 37.0 Å². The number of aliphatic hydroxyl groups is 1. The van der Waals surface area contributed by atoms with E-state index >= 15 is 0 Å². The zero-order valence-corrected chi connectivity index (χ0v) is 13.2. The minimum absolute atomic E-state index is 0.0327. The van der Waals surface area contributed by atoms with E-state index < -0.39 is 0 Å². The zero-order chi connectivity index (χ0) is 16.2. The average molecular weight is 320 g/mol. The van der Waals surface area contributed by atoms with E-state index in [9.17, 15) is 14.7 Å². The van der Waals surface area contributed by atoms with Crippen LogP contribution in [0.2, 0.25) is 0 Å². The molecule has 23 heavy (non-hydrogen) atoms. The second-order valence-electron chi connectivity index (χ2n) is 6.50. The van der Waals surface area contributed by atoms with Gasteiger partial charge in [-0.25, -0.2) is 0 Å². The van der Waals surface area contributed by atoms with Gasteiger partial charge in [0.15, 0.2) is 0 Å². The van der Waals surface area contributed by atoms with Crippen LogP contribution >= 0.6 is 0 Å². The summed E-state index contributed by atoms with van der Waals surface area (Å²) in [6.45, 7) is 1.42. The monoisotopic (exact) mass is 320 g/mol. The van der Waals surface area contributed by atoms with E-state index in [-0.39, 0.29) is 24.1 Å². The molecule has 0 bridgehead atoms. The standard InChI is InChI=1S/C17H24N2O4/c20-6-3-14(12-4-7-23-8-5-12)19-17(22)13-9-15(11-1-2-11)18-16(21)10-13/h9-12,14,20H,1-8H2,(H,18,21)(H,19,22). The highest BCUT2D eigenvalue weighted by Crippen LogP contribution is 2.38. The molecule has 3 rings (SSSR count). The minimum atomic E-state index is -0.233. The second kappa shape index (κ2) is 7.27. The Kier molecular flexibility index (Phi) is 5.13. The van der Waals surface area contributed by atoms with Gasteiger partial charge in [0.25, 0.3) is 5.91 Å². The van der Waals surface area contributed by atoms with Gasteiger partial charge in [0.05, 0.1) is 0 Å². The molecule has 2 fully saturated rings. The number of amides is 1. The van der Waals surface area contributed by atoms with E-state index in [1.54, 1.807) is 6.07 Å². The molecule has 6 nitrogen and oxygen atoms in total. The quantitative estimate of drug-likeness (QED) is 0.733. The van der Waals surface area contributed by atoms with Crippen LogP contribution in [0.15, 0.2) is 16.9 Å². The summed E-state index contributed by atoms with van der Waals surface area (Å²) in [5.74, 6) is 0.465. The first kappa shape index (κ1) is 16.2. The van der Waals surface area contributed by atoms with Crippen molar-refractivity contribution in [2.45, 2.75) is 44.1 Å². The number of ether oxygens (including phenoxy) is 1. The SMILES string of the molecule is O=C(NC(CCO)C1CCOCC1)c1cc(C2CC2)[nH]c(=O)c1. The van der Waals surface area contributed by atoms with Gasteiger partial charge in [-0.3, -0.25) is 9.59 Å². The Hall–Kier alpha value is -1.66. The van der Waals surface area contributed by atoms with Crippen molar-refractivity contribution < 1.29 is 14.6 Å². The van der Waals surface area contributed by atoms with Crippen molar-refractivity contribution >= 4 is 5.91 Å². The molecule has 1 saturated carbocycles. The minimum Gasteiger partial charge on any atom is -0.396 e. The molecule has 1 atom stereocenters. The van der Waals surface area contributed by atoms with E-state index in [4.69, 9.17) is 4.74 Å². The molecule has 126 valence electrons. The number of H-pyrrole nitrogens is 1. The molecule has 1 aromatic heterocycles. The maximum Gasteiger partial charge on any atom is 0.251 e. The first-order chi connectivity index (χ1) is 11.2. The molecule has 0 radical (unpaired) electrons. The van der Waals surface area contributed by atoms with Crippen LogP contribution in [-0.2, 0) is 4.74 Å². The molecule has 1 amide bonds. The predicted molar refractivity (Wildman–Crippen MR) is 85.5 cm³/mol. The first-order valence-corrected chi connectivity index (χ1v) is 8.41. The number of aromatic nitrogens is 1. The Labute approximate surface area is 135 Å². The third kappa shape index (κ3) is 4.20. The molecule has 3 N–H and O–H groups in total. The lowest BCUT2D eigenvalue weighted by Gasteiger charge is -2.30. The highest BCUT2D eigenvalue weighted by atomic mass is 16.5. The lowest BCUT2D eigenvalue weighted by Crippen LogP contribution is -2.43. The topological polar surface area (TPSA) is 91.4 Å². The van der Waals surface area contributed by atoms with Crippen molar-refractivity contribution in [1.29, 1.82) is 0 Å². The number of rotatable bonds is 6. The Morgan fingerprint density at radius 1 is 1.30 bits per heavy atom. The molecule has 1 saturated heterocycles. The number of hydrogen-bond acceptors (Lipinski definition) is 4. The molecule has 2 aliphatic rings. The van der Waals surface area contributed by atoms with Crippen molar-refractivity contribution in [3.05, 3.63) is 33.7 Å². The summed E-state index contributed by atoms with van der Waals surface area (Å²) in [6, 6.07) is 3.05. The van der Waals surface area contributed by atoms with Crippen molar-refractivity contribution in [2.24, 2.45) is 5.92 Å². The second-order valence-corrected chi connectivity index (χ2v) is 6.50. The van der Waals surface area contributed by atoms with Gasteiger partial charge in [-0.1, -0.05) is 0 Å². The Bertz CT molecular complexity index is 603. The summed E-state index contributed by atoms with van der Waals surface area (Å²) in [4.78, 5) is 27.1. The molecule has 1 aliphatic heterocycles. The Balaban J connectivity index is 1.71. The van der Waals surface area contributed by atoms with Gasteiger partial charge in [0.1, 0.15) is 0 Å². The van der Waals surface area contributed by atoms with Gasteiger partial charge in [0.2, 0.25) is 5.56 Å². The normalized spacial score (nSPS) is 20.2. The number of hydrogen-bond donors (Lipinski definition) is 3. The lowest BCUT2D eigenvalue weighted by atomic mass is 9.89. The van der Waals surface area contributed by atoms with Crippen LogP contribution in [-0.4, -0.2) is 41.9 Å². The summed E-state index contributed by atoms with van der Waals surface area (Å²) >= 11 is 0. The third-order valence-electron chi connectivity index (χ3n) is 4.74. The number of nitrogens with one attached hydrogen (secondary N) is 2. The van der Waals surface area contributed by atoms with Crippen LogP contribution in [0.25, 0.3) is 0 Å². The number of aliphatic hydroxyl groups excluding tert-OH is 1. The van der Waals surface area contributed by atoms with Crippen molar-refractivity contribution in [3.8, 4) is 0 Å². The summed E-state index contributed by atoms with van der Waals surface area (Å²) in [6.07, 6.45) is 4.42. The predicted octanol–water partition coefficient (Wildman–Crippen LogP) is 1.16. The largest absolute Gasteiger partial charge is 0.396 e. The van der Waals surface area contributed by atoms with Gasteiger partial charge >= 0.3 is 0 Å². The van der Waals surface area contributed by atoms with Crippen molar-refractivity contribution in [1.82, 2.24) is 10.3 Å².